The van der Waals surface area contributed by atoms with Gasteiger partial charge in [-0.2, -0.15) is 0 Å². The second-order valence-corrected chi connectivity index (χ2v) is 2.66. The lowest BCUT2D eigenvalue weighted by atomic mass is 10.4. The molecule has 0 fully saturated rings. The summed E-state index contributed by atoms with van der Waals surface area (Å²) in [5.41, 5.74) is 6.38. The van der Waals surface area contributed by atoms with Crippen molar-refractivity contribution in [2.24, 2.45) is 5.73 Å². The van der Waals surface area contributed by atoms with Gasteiger partial charge in [0.25, 0.3) is 0 Å². The maximum absolute atomic E-state index is 10.6. The lowest BCUT2D eigenvalue weighted by Crippen LogP contribution is -2.40. The first kappa shape index (κ1) is 10.4. The highest BCUT2D eigenvalue weighted by Gasteiger charge is 2.05. The van der Waals surface area contributed by atoms with Crippen molar-refractivity contribution in [1.82, 2.24) is 16.0 Å². The highest BCUT2D eigenvalue weighted by atomic mass is 16.5. The molecule has 5 N–H and O–H groups in total. The number of hydrogen-bond donors (Lipinski definition) is 4. The molecule has 1 aliphatic heterocycles. The van der Waals surface area contributed by atoms with Gasteiger partial charge in [-0.05, 0) is 6.08 Å². The largest absolute Gasteiger partial charge is 0.453 e. The first-order valence-corrected chi connectivity index (χ1v) is 4.19. The maximum Gasteiger partial charge on any atom is 0.407 e. The SMILES string of the molecule is COC(=O)NCC=CC1=CNC(N)N1. The summed E-state index contributed by atoms with van der Waals surface area (Å²) < 4.78 is 4.39. The molecule has 1 rings (SSSR count). The van der Waals surface area contributed by atoms with Crippen LogP contribution in [-0.4, -0.2) is 26.0 Å². The smallest absolute Gasteiger partial charge is 0.407 e. The summed E-state index contributed by atoms with van der Waals surface area (Å²) in [5.74, 6) is 0. The first-order valence-electron chi connectivity index (χ1n) is 4.19. The van der Waals surface area contributed by atoms with Gasteiger partial charge in [0.2, 0.25) is 0 Å². The third-order valence-electron chi connectivity index (χ3n) is 1.59. The minimum Gasteiger partial charge on any atom is -0.453 e. The molecule has 0 bridgehead atoms. The average Bonchev–Trinajstić information content (AvgIpc) is 2.58. The Bertz CT molecular complexity index is 262. The van der Waals surface area contributed by atoms with Crippen LogP contribution in [-0.2, 0) is 4.74 Å². The van der Waals surface area contributed by atoms with E-state index >= 15 is 0 Å². The fourth-order valence-electron chi connectivity index (χ4n) is 0.939. The number of rotatable bonds is 3. The highest BCUT2D eigenvalue weighted by Crippen LogP contribution is 1.95. The molecule has 6 nitrogen and oxygen atoms in total. The van der Waals surface area contributed by atoms with E-state index in [1.54, 1.807) is 12.3 Å². The van der Waals surface area contributed by atoms with Crippen molar-refractivity contribution in [3.63, 3.8) is 0 Å². The number of alkyl carbamates (subject to hydrolysis) is 1. The molecule has 0 aliphatic carbocycles. The van der Waals surface area contributed by atoms with Crippen molar-refractivity contribution in [1.29, 1.82) is 0 Å². The summed E-state index contributed by atoms with van der Waals surface area (Å²) in [6, 6.07) is 0. The summed E-state index contributed by atoms with van der Waals surface area (Å²) in [6.07, 6.45) is 4.69. The summed E-state index contributed by atoms with van der Waals surface area (Å²) in [5, 5.41) is 8.34. The van der Waals surface area contributed by atoms with Crippen LogP contribution in [0.4, 0.5) is 4.79 Å². The Morgan fingerprint density at radius 1 is 1.86 bits per heavy atom. The van der Waals surface area contributed by atoms with Gasteiger partial charge in [0.05, 0.1) is 12.8 Å². The van der Waals surface area contributed by atoms with Gasteiger partial charge in [-0.1, -0.05) is 6.08 Å². The number of hydrogen-bond acceptors (Lipinski definition) is 5. The second-order valence-electron chi connectivity index (χ2n) is 2.66. The number of amides is 1. The van der Waals surface area contributed by atoms with Crippen molar-refractivity contribution in [3.8, 4) is 0 Å². The molecule has 1 atom stereocenters. The van der Waals surface area contributed by atoms with Gasteiger partial charge >= 0.3 is 6.09 Å². The molecule has 0 aromatic rings. The summed E-state index contributed by atoms with van der Waals surface area (Å²) in [7, 11) is 1.32. The van der Waals surface area contributed by atoms with Crippen molar-refractivity contribution < 1.29 is 9.53 Å². The van der Waals surface area contributed by atoms with E-state index in [0.717, 1.165) is 5.70 Å². The van der Waals surface area contributed by atoms with Crippen LogP contribution in [0.2, 0.25) is 0 Å². The van der Waals surface area contributed by atoms with Crippen LogP contribution in [0.25, 0.3) is 0 Å². The normalized spacial score (nSPS) is 19.9. The topological polar surface area (TPSA) is 88.4 Å². The molecule has 78 valence electrons. The van der Waals surface area contributed by atoms with Gasteiger partial charge in [0.1, 0.15) is 6.29 Å². The predicted octanol–water partition coefficient (Wildman–Crippen LogP) is -0.825. The third kappa shape index (κ3) is 3.36. The van der Waals surface area contributed by atoms with Crippen molar-refractivity contribution in [3.05, 3.63) is 24.0 Å². The second kappa shape index (κ2) is 5.13. The van der Waals surface area contributed by atoms with Crippen LogP contribution in [0.15, 0.2) is 24.0 Å². The number of carbonyl (C=O) groups excluding carboxylic acids is 1. The number of allylic oxidation sites excluding steroid dienone is 1. The molecule has 0 radical (unpaired) electrons. The predicted molar refractivity (Wildman–Crippen MR) is 51.9 cm³/mol. The van der Waals surface area contributed by atoms with E-state index in [4.69, 9.17) is 5.73 Å². The van der Waals surface area contributed by atoms with Crippen LogP contribution in [0, 0.1) is 0 Å². The van der Waals surface area contributed by atoms with Crippen LogP contribution in [0.5, 0.6) is 0 Å². The number of ether oxygens (including phenoxy) is 1. The number of nitrogens with two attached hydrogens (primary N) is 1. The van der Waals surface area contributed by atoms with Crippen molar-refractivity contribution in [2.45, 2.75) is 6.29 Å². The molecule has 0 aromatic carbocycles. The minimum atomic E-state index is -0.446. The quantitative estimate of drug-likeness (QED) is 0.475. The summed E-state index contributed by atoms with van der Waals surface area (Å²) in [4.78, 5) is 10.6. The fourth-order valence-corrected chi connectivity index (χ4v) is 0.939. The lowest BCUT2D eigenvalue weighted by molar-refractivity contribution is 0.172. The van der Waals surface area contributed by atoms with Crippen LogP contribution in [0.1, 0.15) is 0 Å². The molecular weight excluding hydrogens is 184 g/mol. The van der Waals surface area contributed by atoms with Gasteiger partial charge in [-0.15, -0.1) is 0 Å². The van der Waals surface area contributed by atoms with E-state index in [-0.39, 0.29) is 6.29 Å². The van der Waals surface area contributed by atoms with Gasteiger partial charge < -0.3 is 20.7 Å². The molecule has 0 spiro atoms. The maximum atomic E-state index is 10.6. The van der Waals surface area contributed by atoms with Crippen LogP contribution in [0.3, 0.4) is 0 Å². The molecule has 1 unspecified atom stereocenters. The first-order chi connectivity index (χ1) is 6.72. The average molecular weight is 198 g/mol. The van der Waals surface area contributed by atoms with Gasteiger partial charge in [0.15, 0.2) is 0 Å². The van der Waals surface area contributed by atoms with E-state index in [2.05, 4.69) is 20.7 Å². The fraction of sp³-hybridized carbons (Fsp3) is 0.375. The zero-order valence-corrected chi connectivity index (χ0v) is 7.91. The van der Waals surface area contributed by atoms with E-state index in [0.29, 0.717) is 6.54 Å². The Balaban J connectivity index is 2.18. The van der Waals surface area contributed by atoms with Crippen molar-refractivity contribution in [2.75, 3.05) is 13.7 Å². The standard InChI is InChI=1S/C8H14N4O2/c1-14-8(13)10-4-2-3-6-5-11-7(9)12-6/h2-3,5,7,11-12H,4,9H2,1H3,(H,10,13). The Kier molecular flexibility index (Phi) is 3.81. The Morgan fingerprint density at radius 3 is 3.21 bits per heavy atom. The van der Waals surface area contributed by atoms with E-state index in [1.165, 1.54) is 7.11 Å². The Hall–Kier alpha value is -1.69. The van der Waals surface area contributed by atoms with Gasteiger partial charge in [-0.3, -0.25) is 5.73 Å². The summed E-state index contributed by atoms with van der Waals surface area (Å²) >= 11 is 0. The minimum absolute atomic E-state index is 0.233. The van der Waals surface area contributed by atoms with Gasteiger partial charge in [0, 0.05) is 12.7 Å². The monoisotopic (exact) mass is 198 g/mol. The van der Waals surface area contributed by atoms with Crippen LogP contribution < -0.4 is 21.7 Å². The zero-order valence-electron chi connectivity index (χ0n) is 7.91. The molecule has 1 aliphatic rings. The lowest BCUT2D eigenvalue weighted by Gasteiger charge is -2.04. The van der Waals surface area contributed by atoms with E-state index in [1.807, 2.05) is 6.08 Å². The molecule has 0 aromatic heterocycles. The Morgan fingerprint density at radius 2 is 2.64 bits per heavy atom. The molecule has 6 heteroatoms. The molecule has 1 heterocycles. The van der Waals surface area contributed by atoms with E-state index in [9.17, 15) is 4.79 Å². The molecular formula is C8H14N4O2. The summed E-state index contributed by atoms with van der Waals surface area (Å²) in [6.45, 7) is 0.418. The van der Waals surface area contributed by atoms with Crippen LogP contribution >= 0.6 is 0 Å². The third-order valence-corrected chi connectivity index (χ3v) is 1.59. The Labute approximate surface area is 82.2 Å². The zero-order chi connectivity index (χ0) is 10.4. The van der Waals surface area contributed by atoms with Gasteiger partial charge in [-0.25, -0.2) is 4.79 Å². The van der Waals surface area contributed by atoms with E-state index < -0.39 is 6.09 Å². The molecule has 0 saturated heterocycles. The highest BCUT2D eigenvalue weighted by molar-refractivity contribution is 5.67. The molecule has 0 saturated carbocycles. The molecule has 1 amide bonds. The number of nitrogens with one attached hydrogen (secondary N) is 3. The number of carbonyl (C=O) groups is 1. The van der Waals surface area contributed by atoms with Crippen molar-refractivity contribution >= 4 is 6.09 Å². The number of methoxy groups -OCH3 is 1. The molecule has 14 heavy (non-hydrogen) atoms.